The highest BCUT2D eigenvalue weighted by Crippen LogP contribution is 2.72. The van der Waals surface area contributed by atoms with Crippen LogP contribution >= 0.6 is 0 Å². The summed E-state index contributed by atoms with van der Waals surface area (Å²) in [5.74, 6) is 0.215. The third-order valence-corrected chi connectivity index (χ3v) is 7.08. The minimum Gasteiger partial charge on any atom is -0.284 e. The van der Waals surface area contributed by atoms with Crippen molar-refractivity contribution in [3.05, 3.63) is 59.7 Å². The molecule has 2 fully saturated rings. The first-order valence-corrected chi connectivity index (χ1v) is 9.62. The van der Waals surface area contributed by atoms with Crippen LogP contribution in [0.15, 0.2) is 48.5 Å². The number of nitrogens with zero attached hydrogens (tertiary/aromatic N) is 1. The zero-order valence-corrected chi connectivity index (χ0v) is 15.3. The summed E-state index contributed by atoms with van der Waals surface area (Å²) in [5, 5.41) is 0. The Balaban J connectivity index is 1.86. The maximum Gasteiger partial charge on any atom is 0.241 e. The number of hydrogen-bond acceptors (Lipinski definition) is 2. The van der Waals surface area contributed by atoms with E-state index in [0.29, 0.717) is 0 Å². The Morgan fingerprint density at radius 3 is 2.27 bits per heavy atom. The number of carbonyl (C=O) groups is 2. The van der Waals surface area contributed by atoms with Crippen molar-refractivity contribution >= 4 is 11.8 Å². The number of amides is 2. The van der Waals surface area contributed by atoms with Crippen LogP contribution in [-0.4, -0.2) is 23.8 Å². The number of benzene rings is 2. The van der Waals surface area contributed by atoms with Crippen LogP contribution in [0, 0.1) is 5.92 Å². The van der Waals surface area contributed by atoms with Crippen molar-refractivity contribution in [1.29, 1.82) is 0 Å². The molecule has 2 aliphatic carbocycles. The average Bonchev–Trinajstić information content (AvgIpc) is 2.79. The topological polar surface area (TPSA) is 37.4 Å². The van der Waals surface area contributed by atoms with Crippen molar-refractivity contribution in [1.82, 2.24) is 4.90 Å². The Morgan fingerprint density at radius 1 is 0.962 bits per heavy atom. The Bertz CT molecular complexity index is 949. The van der Waals surface area contributed by atoms with Gasteiger partial charge in [-0.25, -0.2) is 0 Å². The van der Waals surface area contributed by atoms with E-state index < -0.39 is 10.8 Å². The monoisotopic (exact) mass is 345 g/mol. The predicted octanol–water partition coefficient (Wildman–Crippen LogP) is 4.05. The van der Waals surface area contributed by atoms with Gasteiger partial charge in [0.1, 0.15) is 0 Å². The Kier molecular flexibility index (Phi) is 3.08. The first kappa shape index (κ1) is 15.8. The van der Waals surface area contributed by atoms with Crippen LogP contribution in [0.3, 0.4) is 0 Å². The summed E-state index contributed by atoms with van der Waals surface area (Å²) in [7, 11) is 1.67. The van der Waals surface area contributed by atoms with Crippen LogP contribution in [0.2, 0.25) is 0 Å². The van der Waals surface area contributed by atoms with Crippen molar-refractivity contribution in [3.63, 3.8) is 0 Å². The lowest BCUT2D eigenvalue weighted by Crippen LogP contribution is -2.67. The lowest BCUT2D eigenvalue weighted by molar-refractivity contribution is -0.139. The van der Waals surface area contributed by atoms with Gasteiger partial charge < -0.3 is 0 Å². The predicted molar refractivity (Wildman–Crippen MR) is 101 cm³/mol. The minimum atomic E-state index is -0.709. The molecule has 2 amide bonds. The highest BCUT2D eigenvalue weighted by molar-refractivity contribution is 6.19. The molecule has 3 heteroatoms. The molecule has 2 aromatic rings. The van der Waals surface area contributed by atoms with Gasteiger partial charge in [-0.2, -0.15) is 0 Å². The second-order valence-electron chi connectivity index (χ2n) is 8.02. The fraction of sp³-hybridized carbons (Fsp3) is 0.391. The number of unbranched alkanes of at least 4 members (excludes halogenated alkanes) is 1. The van der Waals surface area contributed by atoms with E-state index in [0.717, 1.165) is 47.9 Å². The number of likely N-dealkylation sites (N-methyl/N-ethyl adjacent to an activating group) is 1. The highest BCUT2D eigenvalue weighted by atomic mass is 16.2. The number of fused-ring (bicyclic) bond motifs is 3. The summed E-state index contributed by atoms with van der Waals surface area (Å²) in [6.45, 7) is 2.18. The Morgan fingerprint density at radius 2 is 1.58 bits per heavy atom. The molecule has 0 aromatic heterocycles. The van der Waals surface area contributed by atoms with Gasteiger partial charge in [-0.15, -0.1) is 0 Å². The van der Waals surface area contributed by atoms with E-state index in [4.69, 9.17) is 0 Å². The fourth-order valence-electron chi connectivity index (χ4n) is 6.08. The van der Waals surface area contributed by atoms with Crippen LogP contribution in [-0.2, 0) is 20.4 Å². The van der Waals surface area contributed by atoms with Gasteiger partial charge in [0, 0.05) is 7.05 Å². The van der Waals surface area contributed by atoms with E-state index in [9.17, 15) is 9.59 Å². The molecule has 3 nitrogen and oxygen atoms in total. The van der Waals surface area contributed by atoms with Crippen molar-refractivity contribution in [2.45, 2.75) is 43.4 Å². The standard InChI is InChI=1S/C23H23NO2/c1-3-4-9-15-14-22-18-12-7-5-10-16(18)17-11-6-8-13-19(17)23(15,22)21(26)24(2)20(22)25/h5-8,10-13,15H,3-4,9,14H2,1-2H3/t15?,22-,23+/m0/s1. The van der Waals surface area contributed by atoms with Crippen LogP contribution in [0.5, 0.6) is 0 Å². The summed E-state index contributed by atoms with van der Waals surface area (Å²) in [5.41, 5.74) is 2.93. The molecule has 0 spiro atoms. The summed E-state index contributed by atoms with van der Waals surface area (Å²) in [4.78, 5) is 28.4. The van der Waals surface area contributed by atoms with Crippen molar-refractivity contribution in [3.8, 4) is 11.1 Å². The number of rotatable bonds is 3. The second kappa shape index (κ2) is 5.06. The van der Waals surface area contributed by atoms with Gasteiger partial charge in [-0.05, 0) is 41.0 Å². The summed E-state index contributed by atoms with van der Waals surface area (Å²) < 4.78 is 0. The molecule has 1 heterocycles. The van der Waals surface area contributed by atoms with Crippen LogP contribution in [0.4, 0.5) is 0 Å². The average molecular weight is 345 g/mol. The van der Waals surface area contributed by atoms with E-state index in [1.165, 1.54) is 4.90 Å². The second-order valence-corrected chi connectivity index (χ2v) is 8.02. The lowest BCUT2D eigenvalue weighted by Gasteiger charge is -2.61. The molecule has 3 atom stereocenters. The zero-order chi connectivity index (χ0) is 18.1. The number of likely N-dealkylation sites (tertiary alicyclic amines) is 1. The molecular formula is C23H23NO2. The molecule has 0 radical (unpaired) electrons. The first-order chi connectivity index (χ1) is 12.6. The minimum absolute atomic E-state index is 0.00296. The largest absolute Gasteiger partial charge is 0.284 e. The number of hydrogen-bond donors (Lipinski definition) is 0. The molecule has 2 aromatic carbocycles. The smallest absolute Gasteiger partial charge is 0.241 e. The SMILES string of the molecule is CCCCC1C[C@]23C(=O)N(C)C(=O)[C@]12c1ccccc1-c1ccccc13. The number of carbonyl (C=O) groups excluding carboxylic acids is 2. The van der Waals surface area contributed by atoms with Crippen molar-refractivity contribution in [2.24, 2.45) is 5.92 Å². The Labute approximate surface area is 154 Å². The molecule has 3 aliphatic rings. The maximum atomic E-state index is 13.6. The van der Waals surface area contributed by atoms with Gasteiger partial charge >= 0.3 is 0 Å². The summed E-state index contributed by atoms with van der Waals surface area (Å²) in [6, 6.07) is 16.4. The molecule has 0 bridgehead atoms. The molecule has 26 heavy (non-hydrogen) atoms. The molecule has 1 saturated carbocycles. The fourth-order valence-corrected chi connectivity index (χ4v) is 6.08. The molecule has 1 saturated heterocycles. The van der Waals surface area contributed by atoms with E-state index in [1.807, 2.05) is 24.3 Å². The molecule has 1 unspecified atom stereocenters. The van der Waals surface area contributed by atoms with Gasteiger partial charge in [0.2, 0.25) is 11.8 Å². The Hall–Kier alpha value is -2.42. The van der Waals surface area contributed by atoms with Gasteiger partial charge in [-0.1, -0.05) is 68.3 Å². The van der Waals surface area contributed by atoms with Crippen LogP contribution < -0.4 is 0 Å². The van der Waals surface area contributed by atoms with E-state index in [1.54, 1.807) is 7.05 Å². The van der Waals surface area contributed by atoms with Gasteiger partial charge in [-0.3, -0.25) is 14.5 Å². The first-order valence-electron chi connectivity index (χ1n) is 9.62. The maximum absolute atomic E-state index is 13.6. The van der Waals surface area contributed by atoms with Gasteiger partial charge in [0.25, 0.3) is 0 Å². The number of imide groups is 1. The molecule has 1 aliphatic heterocycles. The van der Waals surface area contributed by atoms with E-state index >= 15 is 0 Å². The normalized spacial score (nSPS) is 31.0. The van der Waals surface area contributed by atoms with Gasteiger partial charge in [0.05, 0.1) is 10.8 Å². The van der Waals surface area contributed by atoms with E-state index in [-0.39, 0.29) is 17.7 Å². The lowest BCUT2D eigenvalue weighted by atomic mass is 9.37. The van der Waals surface area contributed by atoms with E-state index in [2.05, 4.69) is 31.2 Å². The zero-order valence-electron chi connectivity index (χ0n) is 15.3. The molecule has 0 N–H and O–H groups in total. The van der Waals surface area contributed by atoms with Crippen LogP contribution in [0.25, 0.3) is 11.1 Å². The van der Waals surface area contributed by atoms with Crippen molar-refractivity contribution < 1.29 is 9.59 Å². The van der Waals surface area contributed by atoms with Crippen LogP contribution in [0.1, 0.15) is 43.7 Å². The third-order valence-electron chi connectivity index (χ3n) is 7.08. The third kappa shape index (κ3) is 1.44. The summed E-state index contributed by atoms with van der Waals surface area (Å²) >= 11 is 0. The summed E-state index contributed by atoms with van der Waals surface area (Å²) in [6.07, 6.45) is 3.99. The molecule has 5 rings (SSSR count). The molecule has 132 valence electrons. The highest BCUT2D eigenvalue weighted by Gasteiger charge is 2.81. The quantitative estimate of drug-likeness (QED) is 0.787. The molecular weight excluding hydrogens is 322 g/mol. The van der Waals surface area contributed by atoms with Crippen molar-refractivity contribution in [2.75, 3.05) is 7.05 Å². The van der Waals surface area contributed by atoms with Gasteiger partial charge in [0.15, 0.2) is 0 Å².